The summed E-state index contributed by atoms with van der Waals surface area (Å²) in [5.74, 6) is -1.73. The van der Waals surface area contributed by atoms with E-state index < -0.39 is 22.8 Å². The van der Waals surface area contributed by atoms with Crippen molar-refractivity contribution in [1.82, 2.24) is 5.32 Å². The van der Waals surface area contributed by atoms with Crippen LogP contribution >= 0.6 is 11.3 Å². The van der Waals surface area contributed by atoms with Crippen molar-refractivity contribution < 1.29 is 19.6 Å². The van der Waals surface area contributed by atoms with Crippen molar-refractivity contribution in [1.29, 1.82) is 0 Å². The Balaban J connectivity index is 2.74. The number of carbonyl (C=O) groups is 2. The topological polar surface area (TPSA) is 110 Å². The number of carboxylic acid groups (broad SMARTS) is 1. The minimum Gasteiger partial charge on any atom is -0.480 e. The van der Waals surface area contributed by atoms with Crippen LogP contribution in [0.25, 0.3) is 0 Å². The van der Waals surface area contributed by atoms with E-state index in [2.05, 4.69) is 5.32 Å². The number of amides is 1. The maximum atomic E-state index is 11.7. The summed E-state index contributed by atoms with van der Waals surface area (Å²) < 4.78 is 0. The molecule has 1 amide bonds. The SMILES string of the molecule is CCC[C@@H](NC(=O)c1csc([N+](=O)[O-])c1)C(=O)O. The Hall–Kier alpha value is -1.96. The van der Waals surface area contributed by atoms with Crippen LogP contribution < -0.4 is 5.32 Å². The molecule has 0 spiro atoms. The van der Waals surface area contributed by atoms with Crippen molar-refractivity contribution in [2.75, 3.05) is 0 Å². The smallest absolute Gasteiger partial charge is 0.326 e. The van der Waals surface area contributed by atoms with Gasteiger partial charge in [-0.15, -0.1) is 0 Å². The Morgan fingerprint density at radius 1 is 1.61 bits per heavy atom. The molecule has 7 nitrogen and oxygen atoms in total. The second-order valence-corrected chi connectivity index (χ2v) is 4.47. The first-order valence-corrected chi connectivity index (χ1v) is 6.10. The van der Waals surface area contributed by atoms with Gasteiger partial charge in [-0.1, -0.05) is 24.7 Å². The fraction of sp³-hybridized carbons (Fsp3) is 0.400. The molecule has 2 N–H and O–H groups in total. The van der Waals surface area contributed by atoms with Gasteiger partial charge in [-0.3, -0.25) is 14.9 Å². The molecule has 1 atom stereocenters. The largest absolute Gasteiger partial charge is 0.480 e. The number of hydrogen-bond acceptors (Lipinski definition) is 5. The molecule has 0 aliphatic rings. The number of nitro groups is 1. The molecule has 8 heteroatoms. The number of thiophene rings is 1. The van der Waals surface area contributed by atoms with Crippen molar-refractivity contribution in [3.8, 4) is 0 Å². The highest BCUT2D eigenvalue weighted by atomic mass is 32.1. The molecule has 0 unspecified atom stereocenters. The average molecular weight is 272 g/mol. The van der Waals surface area contributed by atoms with Crippen LogP contribution in [0.1, 0.15) is 30.1 Å². The third-order valence-electron chi connectivity index (χ3n) is 2.21. The molecule has 0 fully saturated rings. The summed E-state index contributed by atoms with van der Waals surface area (Å²) in [6, 6.07) is 0.159. The molecule has 18 heavy (non-hydrogen) atoms. The van der Waals surface area contributed by atoms with Crippen LogP contribution in [-0.2, 0) is 4.79 Å². The third kappa shape index (κ3) is 3.52. The Kier molecular flexibility index (Phi) is 4.78. The lowest BCUT2D eigenvalue weighted by Gasteiger charge is -2.12. The molecule has 98 valence electrons. The zero-order valence-corrected chi connectivity index (χ0v) is 10.4. The highest BCUT2D eigenvalue weighted by Crippen LogP contribution is 2.22. The van der Waals surface area contributed by atoms with Crippen molar-refractivity contribution in [2.24, 2.45) is 0 Å². The molecular weight excluding hydrogens is 260 g/mol. The Morgan fingerprint density at radius 2 is 2.28 bits per heavy atom. The predicted octanol–water partition coefficient (Wildman–Crippen LogP) is 1.64. The van der Waals surface area contributed by atoms with Gasteiger partial charge in [0.1, 0.15) is 6.04 Å². The first-order chi connectivity index (χ1) is 8.45. The number of aliphatic carboxylic acids is 1. The van der Waals surface area contributed by atoms with Gasteiger partial charge in [-0.25, -0.2) is 4.79 Å². The summed E-state index contributed by atoms with van der Waals surface area (Å²) in [6.45, 7) is 1.80. The number of nitrogens with one attached hydrogen (secondary N) is 1. The molecule has 1 rings (SSSR count). The van der Waals surface area contributed by atoms with Crippen LogP contribution in [0.15, 0.2) is 11.4 Å². The van der Waals surface area contributed by atoms with Gasteiger partial charge in [-0.2, -0.15) is 0 Å². The van der Waals surface area contributed by atoms with Gasteiger partial charge < -0.3 is 10.4 Å². The third-order valence-corrected chi connectivity index (χ3v) is 3.09. The van der Waals surface area contributed by atoms with Gasteiger partial charge in [0.25, 0.3) is 5.91 Å². The van der Waals surface area contributed by atoms with E-state index in [4.69, 9.17) is 5.11 Å². The Bertz CT molecular complexity index is 471. The highest BCUT2D eigenvalue weighted by Gasteiger charge is 2.21. The van der Waals surface area contributed by atoms with Gasteiger partial charge in [-0.05, 0) is 6.42 Å². The first-order valence-electron chi connectivity index (χ1n) is 5.22. The minimum absolute atomic E-state index is 0.106. The second-order valence-electron chi connectivity index (χ2n) is 3.58. The van der Waals surface area contributed by atoms with Crippen LogP contribution in [0.3, 0.4) is 0 Å². The Morgan fingerprint density at radius 3 is 2.72 bits per heavy atom. The molecule has 0 aliphatic carbocycles. The summed E-state index contributed by atoms with van der Waals surface area (Å²) in [5, 5.41) is 22.8. The van der Waals surface area contributed by atoms with Crippen molar-refractivity contribution in [2.45, 2.75) is 25.8 Å². The van der Waals surface area contributed by atoms with Crippen LogP contribution in [0, 0.1) is 10.1 Å². The lowest BCUT2D eigenvalue weighted by atomic mass is 10.1. The zero-order chi connectivity index (χ0) is 13.7. The van der Waals surface area contributed by atoms with E-state index in [1.807, 2.05) is 0 Å². The second kappa shape index (κ2) is 6.10. The van der Waals surface area contributed by atoms with E-state index >= 15 is 0 Å². The van der Waals surface area contributed by atoms with Gasteiger partial charge in [0.05, 0.1) is 10.5 Å². The van der Waals surface area contributed by atoms with E-state index in [-0.39, 0.29) is 10.6 Å². The number of nitrogens with zero attached hydrogens (tertiary/aromatic N) is 1. The van der Waals surface area contributed by atoms with Crippen LogP contribution in [-0.4, -0.2) is 27.9 Å². The molecule has 0 bridgehead atoms. The van der Waals surface area contributed by atoms with E-state index in [1.54, 1.807) is 6.92 Å². The fourth-order valence-electron chi connectivity index (χ4n) is 1.33. The van der Waals surface area contributed by atoms with E-state index in [0.717, 1.165) is 17.4 Å². The molecule has 1 heterocycles. The zero-order valence-electron chi connectivity index (χ0n) is 9.58. The van der Waals surface area contributed by atoms with Crippen LogP contribution in [0.5, 0.6) is 0 Å². The fourth-order valence-corrected chi connectivity index (χ4v) is 2.03. The van der Waals surface area contributed by atoms with Crippen LogP contribution in [0.2, 0.25) is 0 Å². The quantitative estimate of drug-likeness (QED) is 0.604. The highest BCUT2D eigenvalue weighted by molar-refractivity contribution is 7.13. The summed E-state index contributed by atoms with van der Waals surface area (Å²) in [6.07, 6.45) is 0.925. The standard InChI is InChI=1S/C10H12N2O5S/c1-2-3-7(10(14)15)11-9(13)6-4-8(12(16)17)18-5-6/h4-5,7H,2-3H2,1H3,(H,11,13)(H,14,15)/t7-/m1/s1. The van der Waals surface area contributed by atoms with E-state index in [0.29, 0.717) is 12.8 Å². The summed E-state index contributed by atoms with van der Waals surface area (Å²) in [4.78, 5) is 32.4. The summed E-state index contributed by atoms with van der Waals surface area (Å²) in [5.41, 5.74) is 0.106. The Labute approximate surface area is 107 Å². The molecule has 1 aromatic rings. The van der Waals surface area contributed by atoms with Gasteiger partial charge >= 0.3 is 11.0 Å². The molecule has 0 aromatic carbocycles. The normalized spacial score (nSPS) is 11.8. The number of hydrogen-bond donors (Lipinski definition) is 2. The molecule has 0 radical (unpaired) electrons. The lowest BCUT2D eigenvalue weighted by Crippen LogP contribution is -2.40. The molecule has 1 aromatic heterocycles. The van der Waals surface area contributed by atoms with Crippen molar-refractivity contribution >= 4 is 28.2 Å². The van der Waals surface area contributed by atoms with Crippen molar-refractivity contribution in [3.05, 3.63) is 27.1 Å². The number of rotatable bonds is 6. The number of carboxylic acids is 1. The predicted molar refractivity (Wildman–Crippen MR) is 64.8 cm³/mol. The maximum Gasteiger partial charge on any atom is 0.326 e. The van der Waals surface area contributed by atoms with E-state index in [1.165, 1.54) is 5.38 Å². The monoisotopic (exact) mass is 272 g/mol. The summed E-state index contributed by atoms with van der Waals surface area (Å²) in [7, 11) is 0. The van der Waals surface area contributed by atoms with Gasteiger partial charge in [0.2, 0.25) is 0 Å². The number of carbonyl (C=O) groups excluding carboxylic acids is 1. The minimum atomic E-state index is -1.12. The molecule has 0 saturated heterocycles. The average Bonchev–Trinajstić information content (AvgIpc) is 2.77. The van der Waals surface area contributed by atoms with Gasteiger partial charge in [0, 0.05) is 11.4 Å². The van der Waals surface area contributed by atoms with Crippen LogP contribution in [0.4, 0.5) is 5.00 Å². The maximum absolute atomic E-state index is 11.7. The molecular formula is C10H12N2O5S. The van der Waals surface area contributed by atoms with E-state index in [9.17, 15) is 19.7 Å². The first kappa shape index (κ1) is 14.1. The van der Waals surface area contributed by atoms with Crippen molar-refractivity contribution in [3.63, 3.8) is 0 Å². The molecule has 0 saturated carbocycles. The molecule has 0 aliphatic heterocycles. The lowest BCUT2D eigenvalue weighted by molar-refractivity contribution is -0.380. The summed E-state index contributed by atoms with van der Waals surface area (Å²) >= 11 is 0.827. The van der Waals surface area contributed by atoms with Gasteiger partial charge in [0.15, 0.2) is 0 Å².